The molecule has 0 aromatic rings. The Balaban J connectivity index is 2.40. The van der Waals surface area contributed by atoms with Gasteiger partial charge < -0.3 is 14.9 Å². The highest BCUT2D eigenvalue weighted by molar-refractivity contribution is 5.98. The SMILES string of the molecule is C=CCO[Si-]. The smallest absolute Gasteiger partial charge is 0.0159 e. The number of rotatable bonds is 2. The molecule has 0 bridgehead atoms. The maximum atomic E-state index is 4.38. The van der Waals surface area contributed by atoms with Crippen LogP contribution >= 0.6 is 0 Å². The molecule has 0 fully saturated rings. The molecule has 0 rings (SSSR count). The highest BCUT2D eigenvalue weighted by Crippen LogP contribution is 1.59. The molecular weight excluding hydrogens is 80.1 g/mol. The van der Waals surface area contributed by atoms with Crippen LogP contribution in [0, 0.1) is 0 Å². The van der Waals surface area contributed by atoms with E-state index in [-0.39, 0.29) is 0 Å². The molecule has 0 N–H and O–H groups in total. The zero-order chi connectivity index (χ0) is 4.12. The Morgan fingerprint density at radius 2 is 2.60 bits per heavy atom. The van der Waals surface area contributed by atoms with Crippen LogP contribution in [-0.4, -0.2) is 17.1 Å². The third-order valence-corrected chi connectivity index (χ3v) is 0.368. The van der Waals surface area contributed by atoms with E-state index in [2.05, 4.69) is 21.5 Å². The normalized spacial score (nSPS) is 7.40. The van der Waals surface area contributed by atoms with E-state index in [0.29, 0.717) is 6.61 Å². The van der Waals surface area contributed by atoms with E-state index in [1.54, 1.807) is 6.08 Å². The molecule has 5 heavy (non-hydrogen) atoms. The van der Waals surface area contributed by atoms with Crippen molar-refractivity contribution in [2.75, 3.05) is 6.61 Å². The minimum atomic E-state index is 0.566. The standard InChI is InChI=1S/C3H5OSi/c1-2-3-4-5/h2H,1,3H2/q-1. The van der Waals surface area contributed by atoms with Gasteiger partial charge in [-0.05, 0) is 0 Å². The maximum absolute atomic E-state index is 4.38. The molecule has 0 aromatic carbocycles. The first-order valence-corrected chi connectivity index (χ1v) is 1.72. The van der Waals surface area contributed by atoms with Crippen LogP contribution in [0.4, 0.5) is 0 Å². The fourth-order valence-electron chi connectivity index (χ4n) is 0.0589. The van der Waals surface area contributed by atoms with Gasteiger partial charge in [0.1, 0.15) is 0 Å². The van der Waals surface area contributed by atoms with Crippen LogP contribution in [0.25, 0.3) is 0 Å². The van der Waals surface area contributed by atoms with E-state index in [1.165, 1.54) is 0 Å². The average molecular weight is 85.2 g/mol. The Morgan fingerprint density at radius 1 is 2.00 bits per heavy atom. The van der Waals surface area contributed by atoms with Crippen LogP contribution in [0.3, 0.4) is 0 Å². The second-order valence-corrected chi connectivity index (χ2v) is 0.888. The van der Waals surface area contributed by atoms with Gasteiger partial charge in [-0.25, -0.2) is 0 Å². The molecule has 0 saturated carbocycles. The van der Waals surface area contributed by atoms with Gasteiger partial charge in [-0.3, -0.25) is 0 Å². The molecule has 0 aliphatic heterocycles. The first-order valence-electron chi connectivity index (χ1n) is 1.31. The van der Waals surface area contributed by atoms with Crippen LogP contribution in [0.2, 0.25) is 0 Å². The molecule has 0 unspecified atom stereocenters. The summed E-state index contributed by atoms with van der Waals surface area (Å²) in [7, 11) is 2.78. The van der Waals surface area contributed by atoms with E-state index in [1.807, 2.05) is 0 Å². The minimum Gasteiger partial charge on any atom is -0.656 e. The molecule has 0 atom stereocenters. The largest absolute Gasteiger partial charge is 0.656 e. The average Bonchev–Trinajstić information content (AvgIpc) is 1.41. The topological polar surface area (TPSA) is 9.23 Å². The molecule has 0 aliphatic rings. The van der Waals surface area contributed by atoms with Gasteiger partial charge in [-0.1, -0.05) is 6.08 Å². The molecule has 2 radical (unpaired) electrons. The van der Waals surface area contributed by atoms with Gasteiger partial charge in [0.05, 0.1) is 0 Å². The summed E-state index contributed by atoms with van der Waals surface area (Å²) in [5.74, 6) is 0. The molecule has 0 aliphatic carbocycles. The molecule has 1 nitrogen and oxygen atoms in total. The summed E-state index contributed by atoms with van der Waals surface area (Å²) >= 11 is 0. The summed E-state index contributed by atoms with van der Waals surface area (Å²) in [4.78, 5) is 0. The van der Waals surface area contributed by atoms with Gasteiger partial charge in [0.25, 0.3) is 0 Å². The first-order chi connectivity index (χ1) is 2.41. The van der Waals surface area contributed by atoms with Crippen molar-refractivity contribution in [3.8, 4) is 0 Å². The summed E-state index contributed by atoms with van der Waals surface area (Å²) < 4.78 is 4.38. The van der Waals surface area contributed by atoms with Gasteiger partial charge in [0, 0.05) is 6.61 Å². The van der Waals surface area contributed by atoms with Crippen LogP contribution < -0.4 is 0 Å². The van der Waals surface area contributed by atoms with Crippen molar-refractivity contribution in [2.24, 2.45) is 0 Å². The van der Waals surface area contributed by atoms with E-state index in [9.17, 15) is 0 Å². The van der Waals surface area contributed by atoms with Crippen molar-refractivity contribution in [1.82, 2.24) is 0 Å². The second-order valence-electron chi connectivity index (χ2n) is 0.600. The van der Waals surface area contributed by atoms with E-state index in [0.717, 1.165) is 0 Å². The Bertz CT molecular complexity index is 28.1. The molecule has 0 saturated heterocycles. The van der Waals surface area contributed by atoms with E-state index >= 15 is 0 Å². The van der Waals surface area contributed by atoms with Crippen LogP contribution in [0.15, 0.2) is 12.7 Å². The Kier molecular flexibility index (Phi) is 3.85. The Labute approximate surface area is 35.2 Å². The lowest BCUT2D eigenvalue weighted by molar-refractivity contribution is 0.402. The zero-order valence-corrected chi connectivity index (χ0v) is 3.90. The van der Waals surface area contributed by atoms with E-state index < -0.39 is 0 Å². The highest BCUT2D eigenvalue weighted by atomic mass is 28.2. The molecule has 2 heteroatoms. The predicted octanol–water partition coefficient (Wildman–Crippen LogP) is 0.272. The van der Waals surface area contributed by atoms with Crippen LogP contribution in [-0.2, 0) is 4.43 Å². The van der Waals surface area contributed by atoms with Gasteiger partial charge in [0.2, 0.25) is 0 Å². The lowest BCUT2D eigenvalue weighted by Gasteiger charge is -2.01. The van der Waals surface area contributed by atoms with Gasteiger partial charge >= 0.3 is 0 Å². The van der Waals surface area contributed by atoms with Crippen molar-refractivity contribution in [1.29, 1.82) is 0 Å². The molecule has 28 valence electrons. The van der Waals surface area contributed by atoms with E-state index in [4.69, 9.17) is 0 Å². The monoisotopic (exact) mass is 85.0 g/mol. The summed E-state index contributed by atoms with van der Waals surface area (Å²) in [5.41, 5.74) is 0. The number of hydrogen-bond donors (Lipinski definition) is 0. The Hall–Kier alpha value is -0.0831. The molecule has 0 aromatic heterocycles. The summed E-state index contributed by atoms with van der Waals surface area (Å²) in [6.07, 6.45) is 1.66. The molecule has 0 spiro atoms. The summed E-state index contributed by atoms with van der Waals surface area (Å²) in [6, 6.07) is 0. The Morgan fingerprint density at radius 3 is 2.60 bits per heavy atom. The quantitative estimate of drug-likeness (QED) is 0.345. The third kappa shape index (κ3) is 3.92. The maximum Gasteiger partial charge on any atom is 0.0159 e. The van der Waals surface area contributed by atoms with Gasteiger partial charge in [-0.2, -0.15) is 0 Å². The van der Waals surface area contributed by atoms with Crippen molar-refractivity contribution in [3.63, 3.8) is 0 Å². The molecule has 0 amide bonds. The summed E-state index contributed by atoms with van der Waals surface area (Å²) in [6.45, 7) is 3.96. The van der Waals surface area contributed by atoms with Gasteiger partial charge in [-0.15, -0.1) is 6.58 Å². The van der Waals surface area contributed by atoms with Crippen LogP contribution in [0.5, 0.6) is 0 Å². The lowest BCUT2D eigenvalue weighted by atomic mass is 10.7. The minimum absolute atomic E-state index is 0.566. The van der Waals surface area contributed by atoms with Gasteiger partial charge in [0.15, 0.2) is 0 Å². The van der Waals surface area contributed by atoms with Crippen molar-refractivity contribution in [2.45, 2.75) is 0 Å². The zero-order valence-electron chi connectivity index (χ0n) is 2.90. The third-order valence-electron chi connectivity index (χ3n) is 0.201. The predicted molar refractivity (Wildman–Crippen MR) is 21.9 cm³/mol. The highest BCUT2D eigenvalue weighted by Gasteiger charge is 1.47. The first kappa shape index (κ1) is 4.92. The summed E-state index contributed by atoms with van der Waals surface area (Å²) in [5, 5.41) is 0. The fraction of sp³-hybridized carbons (Fsp3) is 0.333. The molecular formula is C3H5OSi-. The fourth-order valence-corrected chi connectivity index (χ4v) is 0.177. The van der Waals surface area contributed by atoms with Crippen LogP contribution in [0.1, 0.15) is 0 Å². The van der Waals surface area contributed by atoms with Crippen molar-refractivity contribution in [3.05, 3.63) is 12.7 Å². The lowest BCUT2D eigenvalue weighted by Crippen LogP contribution is -1.79. The van der Waals surface area contributed by atoms with Crippen molar-refractivity contribution >= 4 is 10.5 Å². The molecule has 0 heterocycles. The van der Waals surface area contributed by atoms with Crippen molar-refractivity contribution < 1.29 is 4.43 Å². The second kappa shape index (κ2) is 3.92. The number of hydrogen-bond acceptors (Lipinski definition) is 1.